The Bertz CT molecular complexity index is 257. The minimum Gasteiger partial charge on any atom is -0.515 e. The molecular weight excluding hydrogens is 180 g/mol. The monoisotopic (exact) mass is 188 g/mol. The first-order valence-electron chi connectivity index (χ1n) is 3.42. The molecule has 0 aromatic heterocycles. The normalized spacial score (nSPS) is 32.8. The molecule has 1 rings (SSSR count). The molecule has 0 radical (unpaired) electrons. The van der Waals surface area contributed by atoms with Crippen LogP contribution in [0.3, 0.4) is 0 Å². The summed E-state index contributed by atoms with van der Waals surface area (Å²) in [5, 5.41) is 7.34. The molecule has 0 saturated heterocycles. The Morgan fingerprint density at radius 2 is 2.42 bits per heavy atom. The summed E-state index contributed by atoms with van der Waals surface area (Å²) in [7, 11) is 1.36. The highest BCUT2D eigenvalue weighted by atomic mass is 35.5. The van der Waals surface area contributed by atoms with E-state index in [2.05, 4.69) is 0 Å². The van der Waals surface area contributed by atoms with Gasteiger partial charge in [-0.3, -0.25) is 4.79 Å². The number of carbonyl (C=O) groups excluding carboxylic acids is 1. The van der Waals surface area contributed by atoms with Crippen molar-refractivity contribution >= 4 is 17.4 Å². The Kier molecular flexibility index (Phi) is 2.55. The van der Waals surface area contributed by atoms with Gasteiger partial charge in [0.1, 0.15) is 0 Å². The summed E-state index contributed by atoms with van der Waals surface area (Å²) in [5.74, 6) is -0.294. The zero-order chi connectivity index (χ0) is 9.19. The maximum Gasteiger partial charge on any atom is 0.208 e. The number of ketones is 1. The van der Waals surface area contributed by atoms with E-state index in [9.17, 15) is 4.79 Å². The van der Waals surface area contributed by atoms with Crippen LogP contribution in [0.25, 0.3) is 0 Å². The average molecular weight is 189 g/mol. The zero-order valence-corrected chi connectivity index (χ0v) is 7.34. The van der Waals surface area contributed by atoms with Gasteiger partial charge in [-0.05, 0) is 11.6 Å². The van der Waals surface area contributed by atoms with Crippen molar-refractivity contribution < 1.29 is 14.6 Å². The fourth-order valence-electron chi connectivity index (χ4n) is 0.977. The maximum atomic E-state index is 11.2. The first-order valence-corrected chi connectivity index (χ1v) is 3.80. The van der Waals surface area contributed by atoms with Gasteiger partial charge in [-0.15, -0.1) is 0 Å². The Morgan fingerprint density at radius 1 is 1.75 bits per heavy atom. The van der Waals surface area contributed by atoms with E-state index >= 15 is 0 Å². The van der Waals surface area contributed by atoms with E-state index in [1.807, 2.05) is 0 Å². The number of alkyl halides is 1. The molecule has 1 atom stereocenters. The first-order chi connectivity index (χ1) is 5.62. The van der Waals surface area contributed by atoms with Crippen molar-refractivity contribution in [1.29, 1.82) is 0 Å². The summed E-state index contributed by atoms with van der Waals surface area (Å²) in [4.78, 5) is 11.2. The van der Waals surface area contributed by atoms with Crippen LogP contribution in [-0.2, 0) is 9.53 Å². The Labute approximate surface area is 75.3 Å². The fraction of sp³-hybridized carbons (Fsp3) is 0.375. The molecule has 0 aromatic rings. The lowest BCUT2D eigenvalue weighted by molar-refractivity contribution is -0.127. The van der Waals surface area contributed by atoms with Crippen LogP contribution in [0.5, 0.6) is 0 Å². The minimum absolute atomic E-state index is 0.191. The number of hydrogen-bond acceptors (Lipinski definition) is 3. The molecule has 0 aromatic carbocycles. The highest BCUT2D eigenvalue weighted by molar-refractivity contribution is 6.36. The van der Waals surface area contributed by atoms with Gasteiger partial charge in [0.05, 0.1) is 6.26 Å². The predicted molar refractivity (Wildman–Crippen MR) is 45.1 cm³/mol. The van der Waals surface area contributed by atoms with E-state index in [1.165, 1.54) is 19.3 Å². The Hall–Kier alpha value is -0.800. The molecule has 1 aliphatic rings. The number of aliphatic hydroxyl groups is 1. The van der Waals surface area contributed by atoms with Crippen LogP contribution in [0.15, 0.2) is 24.0 Å². The number of hydrogen-bond donors (Lipinski definition) is 1. The van der Waals surface area contributed by atoms with Crippen molar-refractivity contribution in [2.24, 2.45) is 0 Å². The predicted octanol–water partition coefficient (Wildman–Crippen LogP) is 1.54. The minimum atomic E-state index is -1.33. The van der Waals surface area contributed by atoms with Crippen LogP contribution in [-0.4, -0.2) is 23.1 Å². The molecule has 3 nitrogen and oxygen atoms in total. The lowest BCUT2D eigenvalue weighted by Gasteiger charge is -2.25. The highest BCUT2D eigenvalue weighted by Crippen LogP contribution is 2.30. The fourth-order valence-corrected chi connectivity index (χ4v) is 1.19. The van der Waals surface area contributed by atoms with Gasteiger partial charge >= 0.3 is 0 Å². The number of carbonyl (C=O) groups is 1. The van der Waals surface area contributed by atoms with Gasteiger partial charge in [0.15, 0.2) is 0 Å². The third-order valence-electron chi connectivity index (χ3n) is 1.74. The maximum absolute atomic E-state index is 11.2. The molecule has 0 heterocycles. The van der Waals surface area contributed by atoms with Gasteiger partial charge in [0.25, 0.3) is 0 Å². The Balaban J connectivity index is 2.94. The van der Waals surface area contributed by atoms with Crippen LogP contribution in [0.2, 0.25) is 0 Å². The van der Waals surface area contributed by atoms with Crippen molar-refractivity contribution in [3.8, 4) is 0 Å². The van der Waals surface area contributed by atoms with E-state index in [4.69, 9.17) is 21.4 Å². The Morgan fingerprint density at radius 3 is 2.92 bits per heavy atom. The molecule has 0 amide bonds. The second-order valence-corrected chi connectivity index (χ2v) is 3.12. The van der Waals surface area contributed by atoms with E-state index in [0.29, 0.717) is 5.57 Å². The molecule has 1 unspecified atom stereocenters. The standard InChI is InChI=1S/C8H9ClO3/c1-12-8(9)4-6(5-10)2-3-7(8)11/h2-3,5,10H,4H2,1H3/b6-5+. The van der Waals surface area contributed by atoms with Crippen LogP contribution in [0.1, 0.15) is 6.42 Å². The second kappa shape index (κ2) is 3.29. The number of aliphatic hydroxyl groups excluding tert-OH is 1. The SMILES string of the molecule is COC1(Cl)C/C(=C/O)C=CC1=O. The number of rotatable bonds is 1. The van der Waals surface area contributed by atoms with E-state index in [-0.39, 0.29) is 12.2 Å². The van der Waals surface area contributed by atoms with E-state index < -0.39 is 5.06 Å². The van der Waals surface area contributed by atoms with Crippen molar-refractivity contribution in [3.63, 3.8) is 0 Å². The molecule has 0 saturated carbocycles. The third kappa shape index (κ3) is 1.52. The highest BCUT2D eigenvalue weighted by Gasteiger charge is 2.37. The van der Waals surface area contributed by atoms with Crippen molar-refractivity contribution in [1.82, 2.24) is 0 Å². The van der Waals surface area contributed by atoms with Crippen LogP contribution in [0.4, 0.5) is 0 Å². The summed E-state index contributed by atoms with van der Waals surface area (Å²) in [6, 6.07) is 0. The molecule has 1 N–H and O–H groups in total. The summed E-state index contributed by atoms with van der Waals surface area (Å²) < 4.78 is 4.84. The molecule has 12 heavy (non-hydrogen) atoms. The van der Waals surface area contributed by atoms with Crippen molar-refractivity contribution in [3.05, 3.63) is 24.0 Å². The first kappa shape index (κ1) is 9.29. The smallest absolute Gasteiger partial charge is 0.208 e. The van der Waals surface area contributed by atoms with Gasteiger partial charge in [-0.1, -0.05) is 17.7 Å². The number of methoxy groups -OCH3 is 1. The van der Waals surface area contributed by atoms with Gasteiger partial charge in [-0.2, -0.15) is 0 Å². The van der Waals surface area contributed by atoms with E-state index in [0.717, 1.165) is 6.26 Å². The summed E-state index contributed by atoms with van der Waals surface area (Å²) >= 11 is 5.81. The third-order valence-corrected chi connectivity index (χ3v) is 2.21. The summed E-state index contributed by atoms with van der Waals surface area (Å²) in [6.45, 7) is 0. The van der Waals surface area contributed by atoms with Crippen molar-refractivity contribution in [2.75, 3.05) is 7.11 Å². The number of ether oxygens (including phenoxy) is 1. The average Bonchev–Trinajstić information content (AvgIpc) is 2.10. The van der Waals surface area contributed by atoms with Crippen LogP contribution >= 0.6 is 11.6 Å². The molecule has 0 fully saturated rings. The molecule has 1 aliphatic carbocycles. The van der Waals surface area contributed by atoms with Crippen LogP contribution in [0, 0.1) is 0 Å². The van der Waals surface area contributed by atoms with Gasteiger partial charge in [-0.25, -0.2) is 0 Å². The molecule has 4 heteroatoms. The van der Waals surface area contributed by atoms with Gasteiger partial charge < -0.3 is 9.84 Å². The summed E-state index contributed by atoms with van der Waals surface area (Å²) in [6.07, 6.45) is 3.92. The van der Waals surface area contributed by atoms with Crippen LogP contribution < -0.4 is 0 Å². The zero-order valence-electron chi connectivity index (χ0n) is 6.58. The van der Waals surface area contributed by atoms with Crippen molar-refractivity contribution in [2.45, 2.75) is 11.5 Å². The van der Waals surface area contributed by atoms with Gasteiger partial charge in [0.2, 0.25) is 10.8 Å². The topological polar surface area (TPSA) is 46.5 Å². The molecular formula is C8H9ClO3. The van der Waals surface area contributed by atoms with E-state index in [1.54, 1.807) is 0 Å². The number of halogens is 1. The second-order valence-electron chi connectivity index (χ2n) is 2.51. The lowest BCUT2D eigenvalue weighted by Crippen LogP contribution is -2.35. The molecule has 0 bridgehead atoms. The number of allylic oxidation sites excluding steroid dienone is 1. The summed E-state index contributed by atoms with van der Waals surface area (Å²) in [5.41, 5.74) is 0.575. The molecule has 0 aliphatic heterocycles. The largest absolute Gasteiger partial charge is 0.515 e. The molecule has 0 spiro atoms. The quantitative estimate of drug-likeness (QED) is 0.502. The lowest BCUT2D eigenvalue weighted by atomic mass is 9.98. The molecule has 66 valence electrons. The van der Waals surface area contributed by atoms with Gasteiger partial charge in [0, 0.05) is 13.5 Å².